The lowest BCUT2D eigenvalue weighted by atomic mass is 9.66. The topological polar surface area (TPSA) is 40.5 Å². The molecule has 2 rings (SSSR count). The molecule has 1 atom stereocenters. The van der Waals surface area contributed by atoms with Crippen molar-refractivity contribution < 1.29 is 10.2 Å². The number of phenolic OH excluding ortho intramolecular Hbond substituents is 2. The smallest absolute Gasteiger partial charge is 0.115 e. The fraction of sp³-hybridized carbons (Fsp3) is 0.429. The van der Waals surface area contributed by atoms with E-state index in [-0.39, 0.29) is 10.8 Å². The summed E-state index contributed by atoms with van der Waals surface area (Å²) in [7, 11) is 0. The summed E-state index contributed by atoms with van der Waals surface area (Å²) in [5.74, 6) is 0.616. The van der Waals surface area contributed by atoms with Crippen molar-refractivity contribution >= 4 is 0 Å². The molecule has 0 aliphatic rings. The van der Waals surface area contributed by atoms with Crippen molar-refractivity contribution in [3.63, 3.8) is 0 Å². The van der Waals surface area contributed by atoms with Gasteiger partial charge in [-0.2, -0.15) is 0 Å². The Bertz CT molecular complexity index is 626. The first kappa shape index (κ1) is 17.4. The van der Waals surface area contributed by atoms with Crippen molar-refractivity contribution in [2.45, 2.75) is 57.8 Å². The Kier molecular flexibility index (Phi) is 5.03. The van der Waals surface area contributed by atoms with Crippen LogP contribution in [-0.2, 0) is 10.8 Å². The molecule has 0 spiro atoms. The van der Waals surface area contributed by atoms with Crippen LogP contribution in [0.15, 0.2) is 48.5 Å². The Morgan fingerprint density at radius 1 is 0.739 bits per heavy atom. The van der Waals surface area contributed by atoms with Gasteiger partial charge in [-0.3, -0.25) is 0 Å². The highest BCUT2D eigenvalue weighted by Gasteiger charge is 2.34. The number of rotatable bonds is 6. The molecule has 124 valence electrons. The molecule has 2 nitrogen and oxygen atoms in total. The molecule has 23 heavy (non-hydrogen) atoms. The van der Waals surface area contributed by atoms with E-state index in [9.17, 15) is 10.2 Å². The highest BCUT2D eigenvalue weighted by Crippen LogP contribution is 2.42. The SMILES string of the molecule is CCCC(C)(CC(C)(C)c1ccc(O)cc1)c1ccc(O)cc1. The van der Waals surface area contributed by atoms with Crippen molar-refractivity contribution in [3.8, 4) is 11.5 Å². The molecule has 0 radical (unpaired) electrons. The molecule has 2 aromatic carbocycles. The minimum absolute atomic E-state index is 0.00446. The maximum atomic E-state index is 9.57. The van der Waals surface area contributed by atoms with Gasteiger partial charge in [-0.05, 0) is 59.1 Å². The second kappa shape index (κ2) is 6.66. The second-order valence-electron chi connectivity index (χ2n) is 7.47. The van der Waals surface area contributed by atoms with Gasteiger partial charge in [0.25, 0.3) is 0 Å². The summed E-state index contributed by atoms with van der Waals surface area (Å²) in [4.78, 5) is 0. The molecular weight excluding hydrogens is 284 g/mol. The first-order valence-electron chi connectivity index (χ1n) is 8.36. The van der Waals surface area contributed by atoms with Gasteiger partial charge in [0, 0.05) is 0 Å². The van der Waals surface area contributed by atoms with E-state index < -0.39 is 0 Å². The van der Waals surface area contributed by atoms with Crippen LogP contribution in [0, 0.1) is 0 Å². The molecule has 0 aliphatic heterocycles. The summed E-state index contributed by atoms with van der Waals surface area (Å²) in [6.07, 6.45) is 3.21. The summed E-state index contributed by atoms with van der Waals surface area (Å²) < 4.78 is 0. The standard InChI is InChI=1S/C21H28O2/c1-5-14-21(4,17-8-12-19(23)13-9-17)15-20(2,3)16-6-10-18(22)11-7-16/h6-13,22-23H,5,14-15H2,1-4H3. The van der Waals surface area contributed by atoms with Crippen molar-refractivity contribution in [1.29, 1.82) is 0 Å². The molecule has 0 saturated heterocycles. The zero-order chi connectivity index (χ0) is 17.1. The Labute approximate surface area is 139 Å². The van der Waals surface area contributed by atoms with E-state index in [1.54, 1.807) is 24.3 Å². The van der Waals surface area contributed by atoms with Crippen LogP contribution < -0.4 is 0 Å². The molecule has 2 aromatic rings. The fourth-order valence-electron chi connectivity index (χ4n) is 3.74. The predicted molar refractivity (Wildman–Crippen MR) is 96.1 cm³/mol. The molecule has 0 heterocycles. The van der Waals surface area contributed by atoms with E-state index in [2.05, 4.69) is 27.7 Å². The number of hydrogen-bond donors (Lipinski definition) is 2. The second-order valence-corrected chi connectivity index (χ2v) is 7.47. The molecule has 0 aromatic heterocycles. The van der Waals surface area contributed by atoms with E-state index in [0.29, 0.717) is 11.5 Å². The summed E-state index contributed by atoms with van der Waals surface area (Å²) in [6, 6.07) is 15.2. The van der Waals surface area contributed by atoms with Gasteiger partial charge in [-0.1, -0.05) is 58.4 Å². The average Bonchev–Trinajstić information content (AvgIpc) is 2.48. The van der Waals surface area contributed by atoms with Gasteiger partial charge >= 0.3 is 0 Å². The summed E-state index contributed by atoms with van der Waals surface area (Å²) in [6.45, 7) is 9.04. The Morgan fingerprint density at radius 3 is 1.61 bits per heavy atom. The quantitative estimate of drug-likeness (QED) is 0.737. The highest BCUT2D eigenvalue weighted by atomic mass is 16.3. The molecule has 2 N–H and O–H groups in total. The normalized spacial score (nSPS) is 14.4. The maximum Gasteiger partial charge on any atom is 0.115 e. The number of aromatic hydroxyl groups is 2. The number of hydrogen-bond acceptors (Lipinski definition) is 2. The third-order valence-electron chi connectivity index (χ3n) is 4.85. The summed E-state index contributed by atoms with van der Waals surface area (Å²) in [5.41, 5.74) is 2.54. The number of benzene rings is 2. The molecule has 2 heteroatoms. The van der Waals surface area contributed by atoms with Gasteiger partial charge in [0.05, 0.1) is 0 Å². The third kappa shape index (κ3) is 4.07. The van der Waals surface area contributed by atoms with E-state index in [4.69, 9.17) is 0 Å². The van der Waals surface area contributed by atoms with Crippen LogP contribution in [0.25, 0.3) is 0 Å². The lowest BCUT2D eigenvalue weighted by Gasteiger charge is -2.38. The van der Waals surface area contributed by atoms with Crippen molar-refractivity contribution in [2.24, 2.45) is 0 Å². The van der Waals surface area contributed by atoms with Crippen LogP contribution in [0.2, 0.25) is 0 Å². The molecule has 0 amide bonds. The summed E-state index contributed by atoms with van der Waals surface area (Å²) in [5, 5.41) is 19.1. The van der Waals surface area contributed by atoms with Crippen LogP contribution in [0.1, 0.15) is 58.1 Å². The monoisotopic (exact) mass is 312 g/mol. The summed E-state index contributed by atoms with van der Waals surface area (Å²) >= 11 is 0. The molecular formula is C21H28O2. The van der Waals surface area contributed by atoms with Gasteiger partial charge in [0.1, 0.15) is 11.5 Å². The lowest BCUT2D eigenvalue weighted by Crippen LogP contribution is -2.32. The fourth-order valence-corrected chi connectivity index (χ4v) is 3.74. The van der Waals surface area contributed by atoms with E-state index in [1.807, 2.05) is 24.3 Å². The van der Waals surface area contributed by atoms with Gasteiger partial charge in [-0.25, -0.2) is 0 Å². The first-order valence-corrected chi connectivity index (χ1v) is 8.36. The molecule has 0 bridgehead atoms. The van der Waals surface area contributed by atoms with Crippen LogP contribution in [0.3, 0.4) is 0 Å². The minimum atomic E-state index is -0.00446. The third-order valence-corrected chi connectivity index (χ3v) is 4.85. The van der Waals surface area contributed by atoms with Gasteiger partial charge in [0.15, 0.2) is 0 Å². The van der Waals surface area contributed by atoms with Gasteiger partial charge in [0.2, 0.25) is 0 Å². The number of phenols is 2. The highest BCUT2D eigenvalue weighted by molar-refractivity contribution is 5.35. The first-order chi connectivity index (χ1) is 10.8. The van der Waals surface area contributed by atoms with E-state index >= 15 is 0 Å². The largest absolute Gasteiger partial charge is 0.508 e. The predicted octanol–water partition coefficient (Wildman–Crippen LogP) is 5.52. The van der Waals surface area contributed by atoms with E-state index in [0.717, 1.165) is 19.3 Å². The maximum absolute atomic E-state index is 9.57. The molecule has 0 saturated carbocycles. The molecule has 0 fully saturated rings. The Balaban J connectivity index is 2.33. The van der Waals surface area contributed by atoms with Crippen LogP contribution >= 0.6 is 0 Å². The lowest BCUT2D eigenvalue weighted by molar-refractivity contribution is 0.305. The van der Waals surface area contributed by atoms with Crippen molar-refractivity contribution in [1.82, 2.24) is 0 Å². The van der Waals surface area contributed by atoms with Crippen molar-refractivity contribution in [2.75, 3.05) is 0 Å². The Hall–Kier alpha value is -1.96. The van der Waals surface area contributed by atoms with Crippen molar-refractivity contribution in [3.05, 3.63) is 59.7 Å². The van der Waals surface area contributed by atoms with Crippen LogP contribution in [0.5, 0.6) is 11.5 Å². The zero-order valence-electron chi connectivity index (χ0n) is 14.6. The van der Waals surface area contributed by atoms with Gasteiger partial charge < -0.3 is 10.2 Å². The molecule has 1 unspecified atom stereocenters. The van der Waals surface area contributed by atoms with Gasteiger partial charge in [-0.15, -0.1) is 0 Å². The van der Waals surface area contributed by atoms with E-state index in [1.165, 1.54) is 11.1 Å². The zero-order valence-corrected chi connectivity index (χ0v) is 14.6. The average molecular weight is 312 g/mol. The van der Waals surface area contributed by atoms with Crippen LogP contribution in [-0.4, -0.2) is 10.2 Å². The Morgan fingerprint density at radius 2 is 1.17 bits per heavy atom. The molecule has 0 aliphatic carbocycles. The minimum Gasteiger partial charge on any atom is -0.508 e. The van der Waals surface area contributed by atoms with Crippen LogP contribution in [0.4, 0.5) is 0 Å².